The summed E-state index contributed by atoms with van der Waals surface area (Å²) in [4.78, 5) is 50.1. The fourth-order valence-corrected chi connectivity index (χ4v) is 5.76. The van der Waals surface area contributed by atoms with E-state index in [-0.39, 0.29) is 22.2 Å². The van der Waals surface area contributed by atoms with Crippen LogP contribution in [0.5, 0.6) is 5.75 Å². The number of thiazole rings is 2. The van der Waals surface area contributed by atoms with Crippen LogP contribution in [0.25, 0.3) is 0 Å². The molecular formula is C25H23N3O6S2. The van der Waals surface area contributed by atoms with E-state index in [1.807, 2.05) is 0 Å². The molecule has 0 spiro atoms. The summed E-state index contributed by atoms with van der Waals surface area (Å²) in [5.74, 6) is -2.08. The number of ketones is 1. The van der Waals surface area contributed by atoms with Crippen molar-refractivity contribution in [2.24, 2.45) is 0 Å². The SMILES string of the molecule is C=CCOC(=O)c1sc(N2C(=O)C(O)=C(C(=O)c3sc(C)nc3C)C2c2cccc(OC)c2)nc1C. The summed E-state index contributed by atoms with van der Waals surface area (Å²) in [5, 5.41) is 11.8. The number of aromatic nitrogens is 2. The van der Waals surface area contributed by atoms with Gasteiger partial charge in [0.15, 0.2) is 10.9 Å². The molecule has 1 unspecified atom stereocenters. The maximum absolute atomic E-state index is 13.7. The third-order valence-electron chi connectivity index (χ3n) is 5.48. The van der Waals surface area contributed by atoms with Gasteiger partial charge in [-0.1, -0.05) is 36.1 Å². The number of anilines is 1. The molecule has 0 bridgehead atoms. The van der Waals surface area contributed by atoms with E-state index in [4.69, 9.17) is 9.47 Å². The first-order valence-electron chi connectivity index (χ1n) is 10.8. The minimum absolute atomic E-state index is 0.0230. The zero-order valence-electron chi connectivity index (χ0n) is 20.0. The Morgan fingerprint density at radius 3 is 2.53 bits per heavy atom. The average molecular weight is 526 g/mol. The van der Waals surface area contributed by atoms with Crippen molar-refractivity contribution in [3.63, 3.8) is 0 Å². The van der Waals surface area contributed by atoms with Crippen LogP contribution in [0.3, 0.4) is 0 Å². The van der Waals surface area contributed by atoms with Gasteiger partial charge in [-0.05, 0) is 38.5 Å². The Hall–Kier alpha value is -3.83. The van der Waals surface area contributed by atoms with Gasteiger partial charge in [0.1, 0.15) is 17.2 Å². The predicted molar refractivity (Wildman–Crippen MR) is 136 cm³/mol. The van der Waals surface area contributed by atoms with Crippen LogP contribution >= 0.6 is 22.7 Å². The maximum atomic E-state index is 13.7. The molecule has 1 aliphatic heterocycles. The summed E-state index contributed by atoms with van der Waals surface area (Å²) in [7, 11) is 1.50. The summed E-state index contributed by atoms with van der Waals surface area (Å²) in [6.45, 7) is 8.65. The highest BCUT2D eigenvalue weighted by molar-refractivity contribution is 7.17. The number of Topliss-reactive ketones (excluding diaryl/α,β-unsaturated/α-hetero) is 1. The van der Waals surface area contributed by atoms with Crippen molar-refractivity contribution in [1.82, 2.24) is 9.97 Å². The molecule has 0 fully saturated rings. The van der Waals surface area contributed by atoms with E-state index in [1.165, 1.54) is 29.4 Å². The second-order valence-electron chi connectivity index (χ2n) is 7.89. The third kappa shape index (κ3) is 4.42. The first kappa shape index (κ1) is 25.3. The standard InChI is InChI=1S/C25H23N3O6S2/c1-6-10-34-24(32)22-13(3)27-25(36-22)28-18(15-8-7-9-16(11-15)33-5)17(20(30)23(28)31)19(29)21-12(2)26-14(4)35-21/h6-9,11,18,30H,1,10H2,2-5H3. The van der Waals surface area contributed by atoms with Crippen LogP contribution in [0.2, 0.25) is 0 Å². The van der Waals surface area contributed by atoms with E-state index in [9.17, 15) is 19.5 Å². The largest absolute Gasteiger partial charge is 0.503 e. The van der Waals surface area contributed by atoms with Gasteiger partial charge in [-0.15, -0.1) is 11.3 Å². The predicted octanol–water partition coefficient (Wildman–Crippen LogP) is 4.66. The van der Waals surface area contributed by atoms with Crippen LogP contribution in [0.15, 0.2) is 48.3 Å². The van der Waals surface area contributed by atoms with Crippen LogP contribution in [0.1, 0.15) is 47.3 Å². The number of aliphatic hydroxyl groups excluding tert-OH is 1. The lowest BCUT2D eigenvalue weighted by Crippen LogP contribution is -2.31. The lowest BCUT2D eigenvalue weighted by Gasteiger charge is -2.24. The zero-order valence-corrected chi connectivity index (χ0v) is 21.7. The molecule has 0 radical (unpaired) electrons. The van der Waals surface area contributed by atoms with E-state index in [0.29, 0.717) is 32.6 Å². The normalized spacial score (nSPS) is 15.4. The second-order valence-corrected chi connectivity index (χ2v) is 10.1. The molecule has 0 saturated carbocycles. The number of aliphatic hydroxyl groups is 1. The summed E-state index contributed by atoms with van der Waals surface area (Å²) in [5.41, 5.74) is 1.30. The van der Waals surface area contributed by atoms with Crippen LogP contribution in [-0.2, 0) is 9.53 Å². The summed E-state index contributed by atoms with van der Waals surface area (Å²) in [6.07, 6.45) is 1.45. The number of hydrogen-bond donors (Lipinski definition) is 1. The summed E-state index contributed by atoms with van der Waals surface area (Å²) >= 11 is 2.13. The quantitative estimate of drug-likeness (QED) is 0.256. The first-order valence-corrected chi connectivity index (χ1v) is 12.5. The van der Waals surface area contributed by atoms with Crippen LogP contribution < -0.4 is 9.64 Å². The number of aryl methyl sites for hydroxylation is 3. The number of esters is 1. The Morgan fingerprint density at radius 2 is 1.89 bits per heavy atom. The highest BCUT2D eigenvalue weighted by atomic mass is 32.1. The molecule has 3 heterocycles. The number of amides is 1. The second kappa shape index (κ2) is 10.0. The molecule has 36 heavy (non-hydrogen) atoms. The van der Waals surface area contributed by atoms with Gasteiger partial charge in [-0.2, -0.15) is 0 Å². The van der Waals surface area contributed by atoms with Gasteiger partial charge < -0.3 is 14.6 Å². The van der Waals surface area contributed by atoms with Gasteiger partial charge in [0.05, 0.1) is 40.0 Å². The number of methoxy groups -OCH3 is 1. The number of benzene rings is 1. The summed E-state index contributed by atoms with van der Waals surface area (Å²) < 4.78 is 10.5. The lowest BCUT2D eigenvalue weighted by atomic mass is 9.95. The molecule has 11 heteroatoms. The summed E-state index contributed by atoms with van der Waals surface area (Å²) in [6, 6.07) is 5.85. The van der Waals surface area contributed by atoms with Crippen molar-refractivity contribution in [1.29, 1.82) is 0 Å². The van der Waals surface area contributed by atoms with Gasteiger partial charge in [-0.3, -0.25) is 14.5 Å². The minimum Gasteiger partial charge on any atom is -0.503 e. The minimum atomic E-state index is -1.01. The van der Waals surface area contributed by atoms with Gasteiger partial charge in [0, 0.05) is 0 Å². The van der Waals surface area contributed by atoms with E-state index in [0.717, 1.165) is 11.3 Å². The molecule has 1 amide bonds. The van der Waals surface area contributed by atoms with Gasteiger partial charge in [-0.25, -0.2) is 14.8 Å². The number of carbonyl (C=O) groups excluding carboxylic acids is 3. The first-order chi connectivity index (χ1) is 17.2. The Morgan fingerprint density at radius 1 is 1.17 bits per heavy atom. The topological polar surface area (TPSA) is 119 Å². The van der Waals surface area contributed by atoms with E-state index in [2.05, 4.69) is 16.5 Å². The molecular weight excluding hydrogens is 502 g/mol. The highest BCUT2D eigenvalue weighted by Gasteiger charge is 2.47. The van der Waals surface area contributed by atoms with Crippen molar-refractivity contribution in [2.75, 3.05) is 18.6 Å². The van der Waals surface area contributed by atoms with E-state index in [1.54, 1.807) is 45.0 Å². The average Bonchev–Trinajstić information content (AvgIpc) is 3.49. The fourth-order valence-electron chi connectivity index (χ4n) is 3.90. The Kier molecular flexibility index (Phi) is 7.04. The molecule has 186 valence electrons. The Bertz CT molecular complexity index is 1420. The molecule has 2 aromatic heterocycles. The molecule has 0 aliphatic carbocycles. The molecule has 1 aliphatic rings. The van der Waals surface area contributed by atoms with Crippen molar-refractivity contribution in [3.05, 3.63) is 80.0 Å². The number of ether oxygens (including phenoxy) is 2. The molecule has 9 nitrogen and oxygen atoms in total. The molecule has 1 N–H and O–H groups in total. The molecule has 1 atom stereocenters. The molecule has 1 aromatic carbocycles. The van der Waals surface area contributed by atoms with E-state index < -0.39 is 29.5 Å². The van der Waals surface area contributed by atoms with Gasteiger partial charge >= 0.3 is 5.97 Å². The number of carbonyl (C=O) groups is 3. The van der Waals surface area contributed by atoms with Crippen LogP contribution in [-0.4, -0.2) is 46.5 Å². The maximum Gasteiger partial charge on any atom is 0.350 e. The number of hydrogen-bond acceptors (Lipinski definition) is 10. The van der Waals surface area contributed by atoms with Crippen LogP contribution in [0, 0.1) is 20.8 Å². The fraction of sp³-hybridized carbons (Fsp3) is 0.240. The number of rotatable bonds is 8. The zero-order chi connectivity index (χ0) is 26.1. The highest BCUT2D eigenvalue weighted by Crippen LogP contribution is 2.45. The lowest BCUT2D eigenvalue weighted by molar-refractivity contribution is -0.117. The van der Waals surface area contributed by atoms with Crippen molar-refractivity contribution >= 4 is 45.5 Å². The van der Waals surface area contributed by atoms with E-state index >= 15 is 0 Å². The van der Waals surface area contributed by atoms with Gasteiger partial charge in [0.2, 0.25) is 5.78 Å². The number of nitrogens with zero attached hydrogens (tertiary/aromatic N) is 3. The van der Waals surface area contributed by atoms with Crippen LogP contribution in [0.4, 0.5) is 5.13 Å². The molecule has 4 rings (SSSR count). The Labute approximate surface area is 215 Å². The van der Waals surface area contributed by atoms with Crippen molar-refractivity contribution < 1.29 is 29.0 Å². The molecule has 3 aromatic rings. The van der Waals surface area contributed by atoms with Crippen molar-refractivity contribution in [2.45, 2.75) is 26.8 Å². The molecule has 0 saturated heterocycles. The monoisotopic (exact) mass is 525 g/mol. The van der Waals surface area contributed by atoms with Gasteiger partial charge in [0.25, 0.3) is 5.91 Å². The Balaban J connectivity index is 1.86. The third-order valence-corrected chi connectivity index (χ3v) is 7.69. The van der Waals surface area contributed by atoms with Crippen molar-refractivity contribution in [3.8, 4) is 5.75 Å². The smallest absolute Gasteiger partial charge is 0.350 e.